The number of nitrogens with two attached hydrogens (primary N) is 1. The molecule has 0 spiro atoms. The number of Topliss-reactive ketones (excluding diaryl/α,β-unsaturated/α-hetero) is 2. The van der Waals surface area contributed by atoms with Crippen LogP contribution in [-0.2, 0) is 20.8 Å². The third kappa shape index (κ3) is 4.25. The number of phenols is 1. The van der Waals surface area contributed by atoms with Gasteiger partial charge in [0.25, 0.3) is 5.91 Å². The number of pyridine rings is 1. The molecule has 1 aromatic carbocycles. The fraction of sp³-hybridized carbons (Fsp3) is 0.308. The SMILES string of the molecule is CN(C)c1cc(-c2cccnc2)c(O)c2c1CC1CC(CC(=O)C(=CO)C(N)=O)CC(=O)C1=C2O. The van der Waals surface area contributed by atoms with Gasteiger partial charge < -0.3 is 26.0 Å². The van der Waals surface area contributed by atoms with E-state index in [-0.39, 0.29) is 53.1 Å². The quantitative estimate of drug-likeness (QED) is 0.214. The number of rotatable bonds is 6. The number of primary amides is 1. The molecule has 5 N–H and O–H groups in total. The van der Waals surface area contributed by atoms with E-state index in [9.17, 15) is 24.6 Å². The Morgan fingerprint density at radius 1 is 1.26 bits per heavy atom. The molecule has 182 valence electrons. The van der Waals surface area contributed by atoms with Crippen molar-refractivity contribution < 1.29 is 29.7 Å². The molecule has 2 aliphatic rings. The molecule has 2 aromatic rings. The smallest absolute Gasteiger partial charge is 0.255 e. The lowest BCUT2D eigenvalue weighted by Crippen LogP contribution is -2.33. The molecule has 35 heavy (non-hydrogen) atoms. The lowest BCUT2D eigenvalue weighted by molar-refractivity contribution is -0.122. The summed E-state index contributed by atoms with van der Waals surface area (Å²) in [6.45, 7) is 0. The summed E-state index contributed by atoms with van der Waals surface area (Å²) in [4.78, 5) is 42.9. The molecule has 0 bridgehead atoms. The second-order valence-electron chi connectivity index (χ2n) is 9.21. The summed E-state index contributed by atoms with van der Waals surface area (Å²) < 4.78 is 0. The standard InChI is InChI=1S/C26H27N3O6/c1-29(2)19-10-16(14-4-3-5-28-11-14)24(33)23-17(19)9-15-6-13(8-21(32)22(15)25(23)34)7-20(31)18(12-30)26(27)35/h3-5,10-13,15,30,33-34H,6-9H2,1-2H3,(H2,27,35). The zero-order valence-electron chi connectivity index (χ0n) is 19.5. The maximum Gasteiger partial charge on any atom is 0.255 e. The van der Waals surface area contributed by atoms with Crippen molar-refractivity contribution in [2.45, 2.75) is 25.7 Å². The van der Waals surface area contributed by atoms with E-state index >= 15 is 0 Å². The average Bonchev–Trinajstić information content (AvgIpc) is 2.79. The first kappa shape index (κ1) is 24.0. The van der Waals surface area contributed by atoms with Gasteiger partial charge in [-0.15, -0.1) is 0 Å². The summed E-state index contributed by atoms with van der Waals surface area (Å²) in [6, 6.07) is 5.39. The van der Waals surface area contributed by atoms with Crippen LogP contribution in [0.25, 0.3) is 16.9 Å². The van der Waals surface area contributed by atoms with Gasteiger partial charge in [0.2, 0.25) is 0 Å². The van der Waals surface area contributed by atoms with E-state index in [1.807, 2.05) is 25.1 Å². The first-order valence-electron chi connectivity index (χ1n) is 11.2. The Morgan fingerprint density at radius 2 is 2.00 bits per heavy atom. The van der Waals surface area contributed by atoms with Crippen LogP contribution in [-0.4, -0.2) is 51.9 Å². The van der Waals surface area contributed by atoms with E-state index in [0.29, 0.717) is 35.8 Å². The van der Waals surface area contributed by atoms with Crippen LogP contribution in [0.5, 0.6) is 5.75 Å². The van der Waals surface area contributed by atoms with Gasteiger partial charge in [-0.1, -0.05) is 6.07 Å². The van der Waals surface area contributed by atoms with Crippen molar-refractivity contribution in [1.29, 1.82) is 0 Å². The fourth-order valence-electron chi connectivity index (χ4n) is 5.20. The zero-order valence-corrected chi connectivity index (χ0v) is 19.5. The molecule has 2 aliphatic carbocycles. The van der Waals surface area contributed by atoms with Crippen LogP contribution in [0.15, 0.2) is 48.0 Å². The largest absolute Gasteiger partial charge is 0.515 e. The number of aromatic nitrogens is 1. The molecular weight excluding hydrogens is 450 g/mol. The van der Waals surface area contributed by atoms with Crippen LogP contribution >= 0.6 is 0 Å². The Bertz CT molecular complexity index is 1280. The predicted octanol–water partition coefficient (Wildman–Crippen LogP) is 2.83. The zero-order chi connectivity index (χ0) is 25.4. The maximum atomic E-state index is 13.1. The van der Waals surface area contributed by atoms with Gasteiger partial charge >= 0.3 is 0 Å². The second-order valence-corrected chi connectivity index (χ2v) is 9.21. The summed E-state index contributed by atoms with van der Waals surface area (Å²) in [5.74, 6) is -3.07. The van der Waals surface area contributed by atoms with Crippen molar-refractivity contribution >= 4 is 28.9 Å². The monoisotopic (exact) mass is 477 g/mol. The second kappa shape index (κ2) is 9.25. The number of hydrogen-bond donors (Lipinski definition) is 4. The number of allylic oxidation sites excluding steroid dienone is 1. The van der Waals surface area contributed by atoms with E-state index in [2.05, 4.69) is 4.98 Å². The highest BCUT2D eigenvalue weighted by molar-refractivity contribution is 6.18. The molecule has 4 rings (SSSR count). The maximum absolute atomic E-state index is 13.1. The topological polar surface area (TPSA) is 154 Å². The Morgan fingerprint density at radius 3 is 2.60 bits per heavy atom. The Kier molecular flexibility index (Phi) is 6.34. The first-order valence-corrected chi connectivity index (χ1v) is 11.2. The van der Waals surface area contributed by atoms with Gasteiger partial charge in [-0.2, -0.15) is 0 Å². The number of hydrogen-bond acceptors (Lipinski definition) is 8. The number of ketones is 2. The minimum Gasteiger partial charge on any atom is -0.515 e. The van der Waals surface area contributed by atoms with Gasteiger partial charge in [-0.05, 0) is 42.4 Å². The number of carbonyl (C=O) groups is 3. The molecule has 1 saturated carbocycles. The lowest BCUT2D eigenvalue weighted by Gasteiger charge is -2.36. The normalized spacial score (nSPS) is 19.7. The van der Waals surface area contributed by atoms with Gasteiger partial charge in [-0.3, -0.25) is 19.4 Å². The molecule has 9 heteroatoms. The predicted molar refractivity (Wildman–Crippen MR) is 130 cm³/mol. The van der Waals surface area contributed by atoms with E-state index < -0.39 is 17.3 Å². The molecule has 2 unspecified atom stereocenters. The number of fused-ring (bicyclic) bond motifs is 2. The minimum atomic E-state index is -1.03. The van der Waals surface area contributed by atoms with E-state index in [1.54, 1.807) is 24.5 Å². The van der Waals surface area contributed by atoms with E-state index in [0.717, 1.165) is 5.69 Å². The highest BCUT2D eigenvalue weighted by atomic mass is 16.3. The third-order valence-corrected chi connectivity index (χ3v) is 6.75. The number of nitrogens with zero attached hydrogens (tertiary/aromatic N) is 2. The number of amides is 1. The molecule has 1 aromatic heterocycles. The van der Waals surface area contributed by atoms with Crippen LogP contribution in [0, 0.1) is 11.8 Å². The van der Waals surface area contributed by atoms with Crippen LogP contribution in [0.3, 0.4) is 0 Å². The molecular formula is C26H27N3O6. The third-order valence-electron chi connectivity index (χ3n) is 6.75. The van der Waals surface area contributed by atoms with Crippen LogP contribution in [0.1, 0.15) is 30.4 Å². The number of aliphatic hydroxyl groups excluding tert-OH is 2. The van der Waals surface area contributed by atoms with Crippen LogP contribution in [0.2, 0.25) is 0 Å². The lowest BCUT2D eigenvalue weighted by atomic mass is 9.68. The molecule has 1 fully saturated rings. The Balaban J connectivity index is 1.75. The van der Waals surface area contributed by atoms with Gasteiger partial charge in [0, 0.05) is 61.7 Å². The summed E-state index contributed by atoms with van der Waals surface area (Å²) >= 11 is 0. The van der Waals surface area contributed by atoms with Gasteiger partial charge in [0.15, 0.2) is 11.6 Å². The van der Waals surface area contributed by atoms with Crippen molar-refractivity contribution in [1.82, 2.24) is 4.98 Å². The van der Waals surface area contributed by atoms with Gasteiger partial charge in [-0.25, -0.2) is 0 Å². The van der Waals surface area contributed by atoms with Crippen molar-refractivity contribution in [2.24, 2.45) is 17.6 Å². The first-order chi connectivity index (χ1) is 16.6. The number of carbonyl (C=O) groups excluding carboxylic acids is 3. The molecule has 0 aliphatic heterocycles. The number of anilines is 1. The van der Waals surface area contributed by atoms with Crippen molar-refractivity contribution in [3.05, 3.63) is 59.1 Å². The van der Waals surface area contributed by atoms with Crippen LogP contribution in [0.4, 0.5) is 5.69 Å². The molecule has 0 radical (unpaired) electrons. The summed E-state index contributed by atoms with van der Waals surface area (Å²) in [5.41, 5.74) is 7.79. The van der Waals surface area contributed by atoms with E-state index in [1.165, 1.54) is 0 Å². The number of aliphatic hydroxyl groups is 2. The van der Waals surface area contributed by atoms with Crippen molar-refractivity contribution in [3.8, 4) is 16.9 Å². The molecule has 2 atom stereocenters. The highest BCUT2D eigenvalue weighted by Gasteiger charge is 2.41. The van der Waals surface area contributed by atoms with Gasteiger partial charge in [0.05, 0.1) is 11.8 Å². The fourth-order valence-corrected chi connectivity index (χ4v) is 5.20. The highest BCUT2D eigenvalue weighted by Crippen LogP contribution is 2.50. The molecule has 0 saturated heterocycles. The number of benzene rings is 1. The van der Waals surface area contributed by atoms with Crippen molar-refractivity contribution in [3.63, 3.8) is 0 Å². The number of aromatic hydroxyl groups is 1. The van der Waals surface area contributed by atoms with E-state index in [4.69, 9.17) is 10.8 Å². The summed E-state index contributed by atoms with van der Waals surface area (Å²) in [7, 11) is 3.71. The van der Waals surface area contributed by atoms with Gasteiger partial charge in [0.1, 0.15) is 17.1 Å². The Labute approximate surface area is 202 Å². The van der Waals surface area contributed by atoms with Crippen molar-refractivity contribution in [2.75, 3.05) is 19.0 Å². The summed E-state index contributed by atoms with van der Waals surface area (Å²) in [5, 5.41) is 31.6. The molecule has 1 heterocycles. The summed E-state index contributed by atoms with van der Waals surface area (Å²) in [6.07, 6.45) is 4.33. The molecule has 1 amide bonds. The average molecular weight is 478 g/mol. The minimum absolute atomic E-state index is 0.00195. The molecule has 9 nitrogen and oxygen atoms in total. The Hall–Kier alpha value is -4.14. The number of phenolic OH excluding ortho intramolecular Hbond substituents is 1. The van der Waals surface area contributed by atoms with Crippen LogP contribution < -0.4 is 10.6 Å².